The largest absolute Gasteiger partial charge is 0.287 e. The lowest BCUT2D eigenvalue weighted by Crippen LogP contribution is -2.22. The highest BCUT2D eigenvalue weighted by Gasteiger charge is 2.37. The van der Waals surface area contributed by atoms with E-state index in [4.69, 9.17) is 35.0 Å². The first-order chi connectivity index (χ1) is 13.8. The minimum absolute atomic E-state index is 0.0406. The number of rotatable bonds is 2. The molecule has 146 valence electrons. The minimum Gasteiger partial charge on any atom is -0.287 e. The van der Waals surface area contributed by atoms with Crippen LogP contribution in [0, 0.1) is 0 Å². The van der Waals surface area contributed by atoms with Gasteiger partial charge in [-0.25, -0.2) is 0 Å². The number of nitrogens with one attached hydrogen (secondary N) is 1. The third kappa shape index (κ3) is 4.10. The lowest BCUT2D eigenvalue weighted by molar-refractivity contribution is -0.131. The van der Waals surface area contributed by atoms with Crippen molar-refractivity contribution < 1.29 is 19.2 Å². The molecule has 0 spiro atoms. The maximum Gasteiger partial charge on any atom is 0.287 e. The maximum absolute atomic E-state index is 11.6. The zero-order valence-electron chi connectivity index (χ0n) is 14.5. The molecule has 0 radical (unpaired) electrons. The SMILES string of the molecule is O=C1C(Cl)=C(c2ccccc2)C(=O)N1Cl.O=C1NC(=O)C(c2ccccc2)=C1Cl. The molecular weight excluding hydrogens is 439 g/mol. The van der Waals surface area contributed by atoms with E-state index in [0.717, 1.165) is 0 Å². The second-order valence-corrected chi connectivity index (χ2v) is 6.88. The fourth-order valence-corrected chi connectivity index (χ4v) is 3.36. The van der Waals surface area contributed by atoms with Crippen LogP contribution in [0.5, 0.6) is 0 Å². The van der Waals surface area contributed by atoms with Gasteiger partial charge in [-0.15, -0.1) is 0 Å². The van der Waals surface area contributed by atoms with Gasteiger partial charge < -0.3 is 0 Å². The summed E-state index contributed by atoms with van der Waals surface area (Å²) >= 11 is 16.9. The lowest BCUT2D eigenvalue weighted by Gasteiger charge is -2.02. The zero-order chi connectivity index (χ0) is 21.1. The molecule has 29 heavy (non-hydrogen) atoms. The van der Waals surface area contributed by atoms with Crippen LogP contribution in [-0.2, 0) is 19.2 Å². The summed E-state index contributed by atoms with van der Waals surface area (Å²) in [6.45, 7) is 0. The fourth-order valence-electron chi connectivity index (χ4n) is 2.63. The molecule has 0 saturated heterocycles. The van der Waals surface area contributed by atoms with E-state index < -0.39 is 23.6 Å². The molecule has 6 nitrogen and oxygen atoms in total. The van der Waals surface area contributed by atoms with E-state index in [2.05, 4.69) is 5.32 Å². The second kappa shape index (κ2) is 8.61. The summed E-state index contributed by atoms with van der Waals surface area (Å²) in [5, 5.41) is 1.95. The van der Waals surface area contributed by atoms with E-state index in [0.29, 0.717) is 15.5 Å². The van der Waals surface area contributed by atoms with Gasteiger partial charge in [-0.2, -0.15) is 4.42 Å². The van der Waals surface area contributed by atoms with Crippen molar-refractivity contribution >= 4 is 69.8 Å². The van der Waals surface area contributed by atoms with E-state index in [9.17, 15) is 19.2 Å². The predicted molar refractivity (Wildman–Crippen MR) is 109 cm³/mol. The van der Waals surface area contributed by atoms with Crippen LogP contribution in [0.4, 0.5) is 0 Å². The third-order valence-electron chi connectivity index (χ3n) is 3.98. The van der Waals surface area contributed by atoms with Gasteiger partial charge in [0.2, 0.25) is 0 Å². The number of hydrogen-bond acceptors (Lipinski definition) is 4. The third-order valence-corrected chi connectivity index (χ3v) is 4.99. The van der Waals surface area contributed by atoms with Crippen LogP contribution in [0.15, 0.2) is 70.7 Å². The first kappa shape index (κ1) is 20.8. The summed E-state index contributed by atoms with van der Waals surface area (Å²) in [5.41, 5.74) is 1.64. The quantitative estimate of drug-likeness (QED) is 0.562. The molecule has 9 heteroatoms. The van der Waals surface area contributed by atoms with Crippen LogP contribution in [0.2, 0.25) is 0 Å². The van der Waals surface area contributed by atoms with Gasteiger partial charge in [0, 0.05) is 11.8 Å². The second-order valence-electron chi connectivity index (χ2n) is 5.78. The lowest BCUT2D eigenvalue weighted by atomic mass is 10.1. The van der Waals surface area contributed by atoms with Gasteiger partial charge in [0.15, 0.2) is 0 Å². The minimum atomic E-state index is -0.679. The summed E-state index contributed by atoms with van der Waals surface area (Å²) in [7, 11) is 0. The van der Waals surface area contributed by atoms with Crippen molar-refractivity contribution in [1.82, 2.24) is 9.74 Å². The van der Waals surface area contributed by atoms with Crippen LogP contribution in [-0.4, -0.2) is 28.0 Å². The summed E-state index contributed by atoms with van der Waals surface area (Å²) in [4.78, 5) is 45.2. The van der Waals surface area contributed by atoms with Crippen LogP contribution < -0.4 is 5.32 Å². The monoisotopic (exact) mass is 448 g/mol. The number of carbonyl (C=O) groups is 4. The Morgan fingerprint density at radius 3 is 1.48 bits per heavy atom. The Bertz CT molecular complexity index is 1080. The Kier molecular flexibility index (Phi) is 6.17. The number of imide groups is 2. The van der Waals surface area contributed by atoms with Gasteiger partial charge in [0.1, 0.15) is 10.1 Å². The highest BCUT2D eigenvalue weighted by atomic mass is 35.5. The van der Waals surface area contributed by atoms with Crippen molar-refractivity contribution in [2.45, 2.75) is 0 Å². The van der Waals surface area contributed by atoms with Gasteiger partial charge >= 0.3 is 0 Å². The van der Waals surface area contributed by atoms with Gasteiger partial charge in [-0.1, -0.05) is 83.9 Å². The molecule has 2 heterocycles. The summed E-state index contributed by atoms with van der Waals surface area (Å²) in [6.07, 6.45) is 0. The van der Waals surface area contributed by atoms with Crippen LogP contribution in [0.25, 0.3) is 11.1 Å². The molecule has 2 aliphatic heterocycles. The molecule has 0 bridgehead atoms. The number of hydrogen-bond donors (Lipinski definition) is 1. The molecule has 0 aliphatic carbocycles. The number of nitrogens with zero attached hydrogens (tertiary/aromatic N) is 1. The Hall–Kier alpha value is -2.93. The van der Waals surface area contributed by atoms with Crippen molar-refractivity contribution in [3.63, 3.8) is 0 Å². The number of amides is 4. The average Bonchev–Trinajstić information content (AvgIpc) is 3.10. The molecule has 2 aromatic carbocycles. The smallest absolute Gasteiger partial charge is 0.287 e. The highest BCUT2D eigenvalue weighted by molar-refractivity contribution is 6.59. The van der Waals surface area contributed by atoms with Gasteiger partial charge in [0.25, 0.3) is 23.6 Å². The summed E-state index contributed by atoms with van der Waals surface area (Å²) < 4.78 is 0.491. The van der Waals surface area contributed by atoms with E-state index >= 15 is 0 Å². The molecule has 2 aliphatic rings. The molecule has 4 rings (SSSR count). The van der Waals surface area contributed by atoms with Crippen molar-refractivity contribution in [3.8, 4) is 0 Å². The standard InChI is InChI=1S/C10H5Cl2NO2.C10H6ClNO2/c11-8-7(6-4-2-1-3-5-6)9(14)13(12)10(8)15;11-8-7(9(13)12-10(8)14)6-4-2-1-3-5-6/h1-5H;1-5H,(H,12,13,14). The number of carbonyl (C=O) groups excluding carboxylic acids is 4. The first-order valence-electron chi connectivity index (χ1n) is 8.13. The molecule has 1 N–H and O–H groups in total. The Morgan fingerprint density at radius 1 is 0.621 bits per heavy atom. The van der Waals surface area contributed by atoms with E-state index in [1.807, 2.05) is 6.07 Å². The van der Waals surface area contributed by atoms with E-state index in [1.54, 1.807) is 54.6 Å². The Balaban J connectivity index is 0.000000166. The molecule has 4 amide bonds. The maximum atomic E-state index is 11.6. The van der Waals surface area contributed by atoms with Gasteiger partial charge in [-0.3, -0.25) is 24.5 Å². The van der Waals surface area contributed by atoms with Gasteiger partial charge in [-0.05, 0) is 11.1 Å². The van der Waals surface area contributed by atoms with Crippen LogP contribution in [0.1, 0.15) is 11.1 Å². The molecule has 0 atom stereocenters. The molecular formula is C20H11Cl3N2O4. The van der Waals surface area contributed by atoms with E-state index in [-0.39, 0.29) is 21.2 Å². The molecule has 0 fully saturated rings. The Morgan fingerprint density at radius 2 is 1.10 bits per heavy atom. The van der Waals surface area contributed by atoms with Crippen molar-refractivity contribution in [3.05, 3.63) is 81.9 Å². The molecule has 0 saturated carbocycles. The number of halogens is 3. The van der Waals surface area contributed by atoms with E-state index in [1.165, 1.54) is 0 Å². The summed E-state index contributed by atoms with van der Waals surface area (Å²) in [5.74, 6) is -2.23. The van der Waals surface area contributed by atoms with Crippen molar-refractivity contribution in [2.24, 2.45) is 0 Å². The Labute approximate surface area is 180 Å². The molecule has 2 aromatic rings. The fraction of sp³-hybridized carbons (Fsp3) is 0. The van der Waals surface area contributed by atoms with Crippen molar-refractivity contribution in [2.75, 3.05) is 0 Å². The average molecular weight is 450 g/mol. The first-order valence-corrected chi connectivity index (χ1v) is 9.23. The van der Waals surface area contributed by atoms with Crippen molar-refractivity contribution in [1.29, 1.82) is 0 Å². The molecule has 0 aromatic heterocycles. The topological polar surface area (TPSA) is 83.6 Å². The summed E-state index contributed by atoms with van der Waals surface area (Å²) in [6, 6.07) is 17.5. The van der Waals surface area contributed by atoms with Crippen LogP contribution >= 0.6 is 35.0 Å². The van der Waals surface area contributed by atoms with Gasteiger partial charge in [0.05, 0.1) is 11.1 Å². The molecule has 0 unspecified atom stereocenters. The predicted octanol–water partition coefficient (Wildman–Crippen LogP) is 3.45. The zero-order valence-corrected chi connectivity index (χ0v) is 16.8. The normalized spacial score (nSPS) is 16.3. The number of benzene rings is 2. The van der Waals surface area contributed by atoms with Crippen LogP contribution in [0.3, 0.4) is 0 Å². The highest BCUT2D eigenvalue weighted by Crippen LogP contribution is 2.32.